The summed E-state index contributed by atoms with van der Waals surface area (Å²) in [6.45, 7) is 9.36. The molecule has 0 bridgehead atoms. The highest BCUT2D eigenvalue weighted by atomic mass is 35.5. The molecule has 1 aliphatic rings. The van der Waals surface area contributed by atoms with Crippen LogP contribution in [-0.4, -0.2) is 63.7 Å². The molecular weight excluding hydrogens is 711 g/mol. The third kappa shape index (κ3) is 9.57. The maximum Gasteiger partial charge on any atom is 0.431 e. The number of hydrogen-bond acceptors (Lipinski definition) is 5. The van der Waals surface area contributed by atoms with Gasteiger partial charge in [0.1, 0.15) is 28.8 Å². The number of hydrogen-bond donors (Lipinski definition) is 3. The number of carboxylic acid groups (broad SMARTS) is 1. The summed E-state index contributed by atoms with van der Waals surface area (Å²) in [5, 5.41) is 15.2. The van der Waals surface area contributed by atoms with Gasteiger partial charge >= 0.3 is 12.1 Å². The van der Waals surface area contributed by atoms with E-state index in [1.165, 1.54) is 24.8 Å². The van der Waals surface area contributed by atoms with Gasteiger partial charge in [-0.25, -0.2) is 8.78 Å². The first kappa shape index (κ1) is 40.5. The van der Waals surface area contributed by atoms with E-state index in [4.69, 9.17) is 11.6 Å². The number of alkyl halides is 4. The van der Waals surface area contributed by atoms with Crippen LogP contribution < -0.4 is 16.2 Å². The number of nitrogens with zero attached hydrogens (tertiary/aromatic N) is 2. The molecule has 282 valence electrons. The largest absolute Gasteiger partial charge is 0.481 e. The monoisotopic (exact) mass is 752 g/mol. The fourth-order valence-electron chi connectivity index (χ4n) is 6.69. The molecule has 3 aromatic rings. The molecule has 2 amide bonds. The summed E-state index contributed by atoms with van der Waals surface area (Å²) >= 11 is 6.21. The second-order valence-corrected chi connectivity index (χ2v) is 14.6. The van der Waals surface area contributed by atoms with Crippen molar-refractivity contribution in [2.24, 2.45) is 5.92 Å². The molecule has 1 aliphatic heterocycles. The van der Waals surface area contributed by atoms with E-state index in [9.17, 15) is 41.8 Å². The van der Waals surface area contributed by atoms with Crippen LogP contribution in [0.5, 0.6) is 0 Å². The Hall–Kier alpha value is -4.30. The second kappa shape index (κ2) is 15.7. The first-order valence-electron chi connectivity index (χ1n) is 16.7. The topological polar surface area (TPSA) is 121 Å². The van der Waals surface area contributed by atoms with Crippen molar-refractivity contribution in [2.75, 3.05) is 19.6 Å². The molecule has 1 fully saturated rings. The van der Waals surface area contributed by atoms with Crippen LogP contribution in [0.1, 0.15) is 78.0 Å². The highest BCUT2D eigenvalue weighted by Gasteiger charge is 2.40. The Morgan fingerprint density at radius 1 is 0.981 bits per heavy atom. The Bertz CT molecular complexity index is 1900. The van der Waals surface area contributed by atoms with Crippen LogP contribution in [0.2, 0.25) is 5.02 Å². The van der Waals surface area contributed by atoms with Crippen LogP contribution in [0.4, 0.5) is 22.0 Å². The number of likely N-dealkylation sites (tertiary alicyclic amines) is 1. The normalized spacial score (nSPS) is 15.6. The predicted octanol–water partition coefficient (Wildman–Crippen LogP) is 6.77. The van der Waals surface area contributed by atoms with Gasteiger partial charge in [-0.05, 0) is 104 Å². The molecule has 0 aliphatic carbocycles. The average molecular weight is 753 g/mol. The van der Waals surface area contributed by atoms with Crippen molar-refractivity contribution in [3.8, 4) is 11.1 Å². The highest BCUT2D eigenvalue weighted by molar-refractivity contribution is 6.30. The minimum Gasteiger partial charge on any atom is -0.481 e. The van der Waals surface area contributed by atoms with Gasteiger partial charge in [0.2, 0.25) is 5.91 Å². The maximum absolute atomic E-state index is 15.8. The van der Waals surface area contributed by atoms with Crippen molar-refractivity contribution in [1.82, 2.24) is 20.1 Å². The molecule has 9 nitrogen and oxygen atoms in total. The van der Waals surface area contributed by atoms with Gasteiger partial charge in [0.15, 0.2) is 0 Å². The number of pyridine rings is 1. The number of carbonyl (C=O) groups excluding carboxylic acids is 2. The highest BCUT2D eigenvalue weighted by Crippen LogP contribution is 2.35. The summed E-state index contributed by atoms with van der Waals surface area (Å²) in [5.41, 5.74) is -1.78. The summed E-state index contributed by atoms with van der Waals surface area (Å²) in [6.07, 6.45) is -5.69. The summed E-state index contributed by atoms with van der Waals surface area (Å²) < 4.78 is 71.8. The molecule has 1 aromatic heterocycles. The van der Waals surface area contributed by atoms with Crippen molar-refractivity contribution in [1.29, 1.82) is 0 Å². The molecule has 15 heteroatoms. The number of aryl methyl sites for hydroxylation is 3. The quantitative estimate of drug-likeness (QED) is 0.166. The lowest BCUT2D eigenvalue weighted by Crippen LogP contribution is -2.58. The number of amides is 2. The lowest BCUT2D eigenvalue weighted by atomic mass is 9.90. The molecule has 0 saturated carbocycles. The molecule has 52 heavy (non-hydrogen) atoms. The van der Waals surface area contributed by atoms with E-state index < -0.39 is 77.3 Å². The first-order chi connectivity index (χ1) is 24.1. The van der Waals surface area contributed by atoms with Gasteiger partial charge in [-0.3, -0.25) is 24.1 Å². The lowest BCUT2D eigenvalue weighted by Gasteiger charge is -2.42. The molecule has 2 atom stereocenters. The van der Waals surface area contributed by atoms with E-state index in [-0.39, 0.29) is 43.1 Å². The van der Waals surface area contributed by atoms with E-state index in [0.29, 0.717) is 21.2 Å². The molecule has 0 radical (unpaired) electrons. The predicted molar refractivity (Wildman–Crippen MR) is 187 cm³/mol. The van der Waals surface area contributed by atoms with Gasteiger partial charge in [-0.1, -0.05) is 25.4 Å². The summed E-state index contributed by atoms with van der Waals surface area (Å²) in [6, 6.07) is 5.04. The fraction of sp³-hybridized carbons (Fsp3) is 0.459. The number of benzene rings is 2. The number of rotatable bonds is 13. The number of carbonyl (C=O) groups is 3. The van der Waals surface area contributed by atoms with Crippen LogP contribution >= 0.6 is 11.6 Å². The molecule has 1 saturated heterocycles. The number of aliphatic carboxylic acids is 1. The van der Waals surface area contributed by atoms with Gasteiger partial charge in [0, 0.05) is 36.8 Å². The van der Waals surface area contributed by atoms with Crippen LogP contribution in [0.3, 0.4) is 0 Å². The lowest BCUT2D eigenvalue weighted by molar-refractivity contribution is -0.144. The number of carboxylic acids is 1. The Labute approximate surface area is 303 Å². The van der Waals surface area contributed by atoms with Crippen molar-refractivity contribution < 1.29 is 41.4 Å². The van der Waals surface area contributed by atoms with E-state index in [1.807, 2.05) is 13.8 Å². The average Bonchev–Trinajstić information content (AvgIpc) is 2.98. The zero-order valence-corrected chi connectivity index (χ0v) is 30.4. The van der Waals surface area contributed by atoms with Crippen molar-refractivity contribution in [2.45, 2.75) is 84.9 Å². The zero-order valence-electron chi connectivity index (χ0n) is 29.7. The third-order valence-electron chi connectivity index (χ3n) is 8.92. The van der Waals surface area contributed by atoms with Crippen LogP contribution in [-0.2, 0) is 22.3 Å². The summed E-state index contributed by atoms with van der Waals surface area (Å²) in [4.78, 5) is 54.2. The maximum atomic E-state index is 15.8. The minimum atomic E-state index is -4.94. The minimum absolute atomic E-state index is 0.0200. The summed E-state index contributed by atoms with van der Waals surface area (Å²) in [7, 11) is 0. The molecule has 0 spiro atoms. The Kier molecular flexibility index (Phi) is 12.3. The van der Waals surface area contributed by atoms with Crippen molar-refractivity contribution in [3.05, 3.63) is 91.1 Å². The van der Waals surface area contributed by atoms with E-state index in [2.05, 4.69) is 10.6 Å². The van der Waals surface area contributed by atoms with E-state index >= 15 is 4.39 Å². The third-order valence-corrected chi connectivity index (χ3v) is 9.14. The molecule has 4 rings (SSSR count). The fourth-order valence-corrected chi connectivity index (χ4v) is 7.02. The van der Waals surface area contributed by atoms with Gasteiger partial charge in [0.05, 0.1) is 12.5 Å². The van der Waals surface area contributed by atoms with Gasteiger partial charge in [-0.2, -0.15) is 13.2 Å². The molecule has 0 unspecified atom stereocenters. The zero-order chi connectivity index (χ0) is 38.9. The summed E-state index contributed by atoms with van der Waals surface area (Å²) in [5.74, 6) is -4.37. The van der Waals surface area contributed by atoms with E-state index in [1.54, 1.807) is 32.0 Å². The Balaban J connectivity index is 1.66. The second-order valence-electron chi connectivity index (χ2n) is 14.1. The van der Waals surface area contributed by atoms with Gasteiger partial charge in [0.25, 0.3) is 11.5 Å². The van der Waals surface area contributed by atoms with Crippen molar-refractivity contribution >= 4 is 29.4 Å². The van der Waals surface area contributed by atoms with Crippen molar-refractivity contribution in [3.63, 3.8) is 0 Å². The molecular formula is C37H42ClF5N4O5. The SMILES string of the molecule is Cc1cc(-c2c(C)cc(Cl)cc2C)cc([C@H](CC(=O)O)NC(=O)[C@H](CC(C)C)NC(=O)c2ccc(C(F)(F)F)n(CCN3CC(C)(F)C3)c2=O)c1F. The molecule has 2 heterocycles. The van der Waals surface area contributed by atoms with Crippen LogP contribution in [0.15, 0.2) is 41.2 Å². The molecule has 2 aromatic carbocycles. The number of halogens is 6. The van der Waals surface area contributed by atoms with Crippen LogP contribution in [0.25, 0.3) is 11.1 Å². The smallest absolute Gasteiger partial charge is 0.431 e. The Morgan fingerprint density at radius 2 is 1.60 bits per heavy atom. The Morgan fingerprint density at radius 3 is 2.13 bits per heavy atom. The first-order valence-corrected chi connectivity index (χ1v) is 17.1. The van der Waals surface area contributed by atoms with Gasteiger partial charge < -0.3 is 20.3 Å². The molecule has 3 N–H and O–H groups in total. The van der Waals surface area contributed by atoms with Gasteiger partial charge in [-0.15, -0.1) is 0 Å². The van der Waals surface area contributed by atoms with Crippen LogP contribution in [0, 0.1) is 32.5 Å². The number of aromatic nitrogens is 1. The standard InChI is InChI=1S/C37H42ClF5N4O5/c1-19(2)11-28(45-33(50)25-7-8-29(37(41,42)43)47(35(25)52)10-9-46-17-36(6,40)18-46)34(51)44-27(16-30(48)49)26-15-23(12-22(5)32(26)39)31-20(3)13-24(38)14-21(31)4/h7-8,12-15,19,27-28H,9-11,16-18H2,1-6H3,(H,44,51)(H,45,50)(H,48,49)/t27-,28-/m0/s1. The number of nitrogens with one attached hydrogen (secondary N) is 2. The van der Waals surface area contributed by atoms with E-state index in [0.717, 1.165) is 22.8 Å².